The van der Waals surface area contributed by atoms with Gasteiger partial charge in [0.1, 0.15) is 0 Å². The molecule has 1 rings (SSSR count). The lowest BCUT2D eigenvalue weighted by atomic mass is 9.80. The number of nitrogens with zero attached hydrogens (tertiary/aromatic N) is 1. The molecule has 0 aliphatic carbocycles. The second-order valence-corrected chi connectivity index (χ2v) is 6.70. The van der Waals surface area contributed by atoms with E-state index in [2.05, 4.69) is 69.9 Å². The van der Waals surface area contributed by atoms with Gasteiger partial charge in [-0.05, 0) is 43.7 Å². The molecule has 1 aromatic rings. The van der Waals surface area contributed by atoms with Crippen molar-refractivity contribution in [1.29, 1.82) is 0 Å². The van der Waals surface area contributed by atoms with E-state index in [1.54, 1.807) is 0 Å². The highest BCUT2D eigenvalue weighted by Gasteiger charge is 2.36. The summed E-state index contributed by atoms with van der Waals surface area (Å²) >= 11 is 0. The highest BCUT2D eigenvalue weighted by Crippen LogP contribution is 2.34. The number of hydrogen-bond donors (Lipinski definition) is 1. The van der Waals surface area contributed by atoms with Crippen LogP contribution in [0, 0.1) is 11.8 Å². The van der Waals surface area contributed by atoms with Gasteiger partial charge in [0.15, 0.2) is 0 Å². The Morgan fingerprint density at radius 1 is 1.00 bits per heavy atom. The third-order valence-electron chi connectivity index (χ3n) is 3.91. The maximum absolute atomic E-state index is 6.28. The van der Waals surface area contributed by atoms with Crippen molar-refractivity contribution in [2.24, 2.45) is 17.6 Å². The minimum atomic E-state index is 0.0679. The first kappa shape index (κ1) is 17.0. The molecule has 0 fully saturated rings. The highest BCUT2D eigenvalue weighted by atomic mass is 15.2. The van der Waals surface area contributed by atoms with Crippen LogP contribution in [0.1, 0.15) is 47.5 Å². The van der Waals surface area contributed by atoms with Gasteiger partial charge in [0, 0.05) is 18.8 Å². The summed E-state index contributed by atoms with van der Waals surface area (Å²) in [5.74, 6) is 1.30. The molecule has 0 heterocycles. The molecule has 0 amide bonds. The van der Waals surface area contributed by atoms with Crippen LogP contribution in [-0.4, -0.2) is 18.6 Å². The third kappa shape index (κ3) is 4.24. The van der Waals surface area contributed by atoms with Gasteiger partial charge in [-0.15, -0.1) is 0 Å². The SMILES string of the molecule is CCN(c1ccccc1)C(CN)(CC(C)C)CC(C)C. The van der Waals surface area contributed by atoms with Gasteiger partial charge in [-0.1, -0.05) is 45.9 Å². The van der Waals surface area contributed by atoms with E-state index in [1.165, 1.54) is 5.69 Å². The van der Waals surface area contributed by atoms with E-state index in [0.717, 1.165) is 19.4 Å². The molecule has 1 aromatic carbocycles. The van der Waals surface area contributed by atoms with Crippen molar-refractivity contribution in [3.05, 3.63) is 30.3 Å². The normalized spacial score (nSPS) is 12.2. The van der Waals surface area contributed by atoms with Gasteiger partial charge >= 0.3 is 0 Å². The summed E-state index contributed by atoms with van der Waals surface area (Å²) in [5.41, 5.74) is 7.64. The Kier molecular flexibility index (Phi) is 6.54. The zero-order valence-corrected chi connectivity index (χ0v) is 13.9. The summed E-state index contributed by atoms with van der Waals surface area (Å²) in [6.07, 6.45) is 2.29. The summed E-state index contributed by atoms with van der Waals surface area (Å²) in [6.45, 7) is 13.1. The van der Waals surface area contributed by atoms with Gasteiger partial charge in [0.25, 0.3) is 0 Å². The van der Waals surface area contributed by atoms with Crippen molar-refractivity contribution < 1.29 is 0 Å². The predicted octanol–water partition coefficient (Wildman–Crippen LogP) is 4.30. The highest BCUT2D eigenvalue weighted by molar-refractivity contribution is 5.49. The molecule has 114 valence electrons. The fourth-order valence-corrected chi connectivity index (χ4v) is 3.50. The molecule has 0 aliphatic rings. The van der Waals surface area contributed by atoms with Gasteiger partial charge in [0.2, 0.25) is 0 Å². The van der Waals surface area contributed by atoms with E-state index in [0.29, 0.717) is 18.4 Å². The molecule has 0 bridgehead atoms. The number of hydrogen-bond acceptors (Lipinski definition) is 2. The van der Waals surface area contributed by atoms with Gasteiger partial charge in [0.05, 0.1) is 5.54 Å². The van der Waals surface area contributed by atoms with E-state index < -0.39 is 0 Å². The molecule has 20 heavy (non-hydrogen) atoms. The van der Waals surface area contributed by atoms with Crippen molar-refractivity contribution in [3.8, 4) is 0 Å². The van der Waals surface area contributed by atoms with Gasteiger partial charge in [-0.25, -0.2) is 0 Å². The molecule has 0 saturated heterocycles. The average molecular weight is 276 g/mol. The molecule has 2 N–H and O–H groups in total. The van der Waals surface area contributed by atoms with Gasteiger partial charge in [-0.2, -0.15) is 0 Å². The lowest BCUT2D eigenvalue weighted by molar-refractivity contribution is 0.272. The quantitative estimate of drug-likeness (QED) is 0.767. The van der Waals surface area contributed by atoms with E-state index in [4.69, 9.17) is 5.73 Å². The molecular weight excluding hydrogens is 244 g/mol. The zero-order valence-electron chi connectivity index (χ0n) is 13.9. The predicted molar refractivity (Wildman–Crippen MR) is 90.2 cm³/mol. The first-order valence-corrected chi connectivity index (χ1v) is 7.98. The van der Waals surface area contributed by atoms with Crippen LogP contribution in [0.4, 0.5) is 5.69 Å². The molecule has 2 nitrogen and oxygen atoms in total. The monoisotopic (exact) mass is 276 g/mol. The first-order chi connectivity index (χ1) is 9.45. The van der Waals surface area contributed by atoms with Gasteiger partial charge < -0.3 is 10.6 Å². The second kappa shape index (κ2) is 7.68. The van der Waals surface area contributed by atoms with Crippen molar-refractivity contribution in [3.63, 3.8) is 0 Å². The van der Waals surface area contributed by atoms with Crippen molar-refractivity contribution in [2.45, 2.75) is 53.0 Å². The van der Waals surface area contributed by atoms with E-state index in [1.807, 2.05) is 0 Å². The topological polar surface area (TPSA) is 29.3 Å². The first-order valence-electron chi connectivity index (χ1n) is 7.98. The summed E-state index contributed by atoms with van der Waals surface area (Å²) in [5, 5.41) is 0. The Balaban J connectivity index is 3.17. The minimum Gasteiger partial charge on any atom is -0.365 e. The molecule has 2 heteroatoms. The average Bonchev–Trinajstić information content (AvgIpc) is 2.39. The summed E-state index contributed by atoms with van der Waals surface area (Å²) in [6, 6.07) is 10.7. The van der Waals surface area contributed by atoms with Crippen molar-refractivity contribution in [1.82, 2.24) is 0 Å². The maximum Gasteiger partial charge on any atom is 0.0528 e. The van der Waals surface area contributed by atoms with Crippen molar-refractivity contribution >= 4 is 5.69 Å². The van der Waals surface area contributed by atoms with E-state index in [-0.39, 0.29) is 5.54 Å². The smallest absolute Gasteiger partial charge is 0.0528 e. The number of likely N-dealkylation sites (N-methyl/N-ethyl adjacent to an activating group) is 1. The second-order valence-electron chi connectivity index (χ2n) is 6.70. The van der Waals surface area contributed by atoms with Crippen LogP contribution < -0.4 is 10.6 Å². The van der Waals surface area contributed by atoms with Crippen LogP contribution >= 0.6 is 0 Å². The fraction of sp³-hybridized carbons (Fsp3) is 0.667. The molecule has 0 saturated carbocycles. The maximum atomic E-state index is 6.28. The van der Waals surface area contributed by atoms with Crippen LogP contribution in [0.15, 0.2) is 30.3 Å². The minimum absolute atomic E-state index is 0.0679. The Morgan fingerprint density at radius 3 is 1.85 bits per heavy atom. The fourth-order valence-electron chi connectivity index (χ4n) is 3.50. The van der Waals surface area contributed by atoms with Gasteiger partial charge in [-0.3, -0.25) is 0 Å². The molecular formula is C18H32N2. The number of benzene rings is 1. The number of para-hydroxylation sites is 1. The summed E-state index contributed by atoms with van der Waals surface area (Å²) < 4.78 is 0. The molecule has 0 radical (unpaired) electrons. The van der Waals surface area contributed by atoms with Crippen LogP contribution in [0.3, 0.4) is 0 Å². The van der Waals surface area contributed by atoms with Crippen molar-refractivity contribution in [2.75, 3.05) is 18.0 Å². The number of rotatable bonds is 8. The lowest BCUT2D eigenvalue weighted by Crippen LogP contribution is -2.55. The van der Waals surface area contributed by atoms with Crippen LogP contribution in [-0.2, 0) is 0 Å². The Hall–Kier alpha value is -1.02. The Labute approximate surface area is 125 Å². The zero-order chi connectivity index (χ0) is 15.2. The molecule has 0 unspecified atom stereocenters. The van der Waals surface area contributed by atoms with Crippen LogP contribution in [0.25, 0.3) is 0 Å². The summed E-state index contributed by atoms with van der Waals surface area (Å²) in [4.78, 5) is 2.52. The number of anilines is 1. The summed E-state index contributed by atoms with van der Waals surface area (Å²) in [7, 11) is 0. The third-order valence-corrected chi connectivity index (χ3v) is 3.91. The lowest BCUT2D eigenvalue weighted by Gasteiger charge is -2.47. The molecule has 0 aromatic heterocycles. The molecule has 0 spiro atoms. The van der Waals surface area contributed by atoms with Crippen LogP contribution in [0.2, 0.25) is 0 Å². The van der Waals surface area contributed by atoms with E-state index >= 15 is 0 Å². The standard InChI is InChI=1S/C18H32N2/c1-6-20(17-10-8-7-9-11-17)18(14-19,12-15(2)3)13-16(4)5/h7-11,15-16H,6,12-14,19H2,1-5H3. The van der Waals surface area contributed by atoms with E-state index in [9.17, 15) is 0 Å². The Bertz CT molecular complexity index is 360. The Morgan fingerprint density at radius 2 is 1.50 bits per heavy atom. The molecule has 0 atom stereocenters. The van der Waals surface area contributed by atoms with Crippen LogP contribution in [0.5, 0.6) is 0 Å². The molecule has 0 aliphatic heterocycles. The largest absolute Gasteiger partial charge is 0.365 e. The number of nitrogens with two attached hydrogens (primary N) is 1.